The second kappa shape index (κ2) is 8.21. The molecule has 25 heavy (non-hydrogen) atoms. The van der Waals surface area contributed by atoms with Crippen LogP contribution < -0.4 is 9.47 Å². The highest BCUT2D eigenvalue weighted by Crippen LogP contribution is 2.37. The first-order valence-electron chi connectivity index (χ1n) is 9.01. The highest BCUT2D eigenvalue weighted by Gasteiger charge is 2.35. The Balaban J connectivity index is 1.68. The zero-order valence-electron chi connectivity index (χ0n) is 15.3. The van der Waals surface area contributed by atoms with Gasteiger partial charge in [0.25, 0.3) is 0 Å². The Hall–Kier alpha value is -1.56. The van der Waals surface area contributed by atoms with Crippen LogP contribution >= 0.6 is 0 Å². The molecule has 0 radical (unpaired) electrons. The van der Waals surface area contributed by atoms with E-state index in [1.807, 2.05) is 12.1 Å². The monoisotopic (exact) mass is 347 g/mol. The summed E-state index contributed by atoms with van der Waals surface area (Å²) in [5, 5.41) is 9.94. The summed E-state index contributed by atoms with van der Waals surface area (Å²) in [7, 11) is 3.39. The van der Waals surface area contributed by atoms with Crippen molar-refractivity contribution in [1.29, 1.82) is 0 Å². The van der Waals surface area contributed by atoms with Crippen molar-refractivity contribution in [3.05, 3.63) is 29.3 Å². The van der Waals surface area contributed by atoms with Gasteiger partial charge in [-0.3, -0.25) is 4.90 Å². The van der Waals surface area contributed by atoms with Crippen molar-refractivity contribution in [3.8, 4) is 11.5 Å². The van der Waals surface area contributed by atoms with E-state index in [9.17, 15) is 5.11 Å². The van der Waals surface area contributed by atoms with Crippen LogP contribution in [0.3, 0.4) is 0 Å². The van der Waals surface area contributed by atoms with Crippen LogP contribution in [0.1, 0.15) is 24.8 Å². The van der Waals surface area contributed by atoms with Gasteiger partial charge >= 0.3 is 0 Å². The molecule has 0 unspecified atom stereocenters. The molecule has 1 saturated heterocycles. The van der Waals surface area contributed by atoms with Crippen LogP contribution in [0.4, 0.5) is 0 Å². The zero-order valence-corrected chi connectivity index (χ0v) is 15.3. The fraction of sp³-hybridized carbons (Fsp3) is 0.600. The summed E-state index contributed by atoms with van der Waals surface area (Å²) in [6.07, 6.45) is 5.31. The summed E-state index contributed by atoms with van der Waals surface area (Å²) in [5.74, 6) is 1.61. The Morgan fingerprint density at radius 1 is 1.32 bits per heavy atom. The lowest BCUT2D eigenvalue weighted by molar-refractivity contribution is 0.0101. The van der Waals surface area contributed by atoms with Crippen molar-refractivity contribution in [3.63, 3.8) is 0 Å². The molecule has 5 heteroatoms. The van der Waals surface area contributed by atoms with Gasteiger partial charge in [-0.05, 0) is 43.5 Å². The number of methoxy groups -OCH3 is 2. The number of rotatable bonds is 7. The highest BCUT2D eigenvalue weighted by molar-refractivity contribution is 5.66. The van der Waals surface area contributed by atoms with Crippen LogP contribution in [0, 0.1) is 5.41 Å². The normalized spacial score (nSPS) is 23.6. The number of piperidine rings is 1. The second-order valence-electron chi connectivity index (χ2n) is 7.19. The predicted octanol–water partition coefficient (Wildman–Crippen LogP) is 2.58. The van der Waals surface area contributed by atoms with Crippen LogP contribution in [0.15, 0.2) is 23.8 Å². The summed E-state index contributed by atoms with van der Waals surface area (Å²) in [6.45, 7) is 4.38. The van der Waals surface area contributed by atoms with Gasteiger partial charge < -0.3 is 19.3 Å². The molecule has 1 atom stereocenters. The minimum atomic E-state index is -0.0362. The molecule has 5 nitrogen and oxygen atoms in total. The van der Waals surface area contributed by atoms with Crippen LogP contribution in [0.2, 0.25) is 0 Å². The average Bonchev–Trinajstić information content (AvgIpc) is 2.66. The molecular formula is C20H29NO4. The number of ether oxygens (including phenoxy) is 3. The Morgan fingerprint density at radius 3 is 2.96 bits per heavy atom. The number of benzene rings is 1. The maximum atomic E-state index is 9.94. The van der Waals surface area contributed by atoms with Crippen LogP contribution in [-0.4, -0.2) is 63.7 Å². The first-order chi connectivity index (χ1) is 12.2. The van der Waals surface area contributed by atoms with Gasteiger partial charge in [-0.25, -0.2) is 0 Å². The molecule has 0 amide bonds. The Kier molecular flexibility index (Phi) is 5.99. The summed E-state index contributed by atoms with van der Waals surface area (Å²) >= 11 is 0. The maximum Gasteiger partial charge on any atom is 0.168 e. The van der Waals surface area contributed by atoms with Gasteiger partial charge in [0.05, 0.1) is 13.7 Å². The van der Waals surface area contributed by atoms with Gasteiger partial charge in [-0.15, -0.1) is 0 Å². The van der Waals surface area contributed by atoms with E-state index < -0.39 is 0 Å². The Labute approximate surface area is 150 Å². The number of aliphatic hydroxyl groups is 1. The summed E-state index contributed by atoms with van der Waals surface area (Å²) < 4.78 is 16.6. The second-order valence-corrected chi connectivity index (χ2v) is 7.19. The summed E-state index contributed by atoms with van der Waals surface area (Å²) in [5.41, 5.74) is 2.30. The lowest BCUT2D eigenvalue weighted by Gasteiger charge is -2.42. The van der Waals surface area contributed by atoms with Gasteiger partial charge in [0, 0.05) is 37.8 Å². The molecule has 0 spiro atoms. The van der Waals surface area contributed by atoms with Crippen LogP contribution in [0.5, 0.6) is 11.5 Å². The van der Waals surface area contributed by atoms with Crippen molar-refractivity contribution in [2.24, 2.45) is 5.41 Å². The number of hydrogen-bond acceptors (Lipinski definition) is 5. The van der Waals surface area contributed by atoms with E-state index in [1.165, 1.54) is 5.57 Å². The minimum Gasteiger partial charge on any atom is -0.493 e. The molecule has 0 aliphatic carbocycles. The number of likely N-dealkylation sites (tertiary alicyclic amines) is 1. The van der Waals surface area contributed by atoms with Crippen molar-refractivity contribution in [2.45, 2.75) is 19.3 Å². The van der Waals surface area contributed by atoms with Gasteiger partial charge in [0.2, 0.25) is 0 Å². The minimum absolute atomic E-state index is 0.0362. The summed E-state index contributed by atoms with van der Waals surface area (Å²) in [6, 6.07) is 5.97. The van der Waals surface area contributed by atoms with Gasteiger partial charge in [0.1, 0.15) is 6.61 Å². The van der Waals surface area contributed by atoms with Gasteiger partial charge in [-0.1, -0.05) is 12.1 Å². The third-order valence-corrected chi connectivity index (χ3v) is 5.33. The third-order valence-electron chi connectivity index (χ3n) is 5.33. The third kappa shape index (κ3) is 4.17. The van der Waals surface area contributed by atoms with Crippen molar-refractivity contribution in [2.75, 3.05) is 53.7 Å². The first-order valence-corrected chi connectivity index (χ1v) is 9.01. The average molecular weight is 347 g/mol. The van der Waals surface area contributed by atoms with Crippen LogP contribution in [-0.2, 0) is 4.74 Å². The zero-order chi connectivity index (χ0) is 17.7. The molecule has 1 fully saturated rings. The molecule has 1 aromatic carbocycles. The standard InChI is InChI=1S/C20H29NO4/c1-23-10-8-20(15-22)7-4-9-21(14-20)12-16-11-17-5-3-6-18(24-2)19(17)25-13-16/h3,5-6,11,22H,4,7-10,12-15H2,1-2H3/t20-/m1/s1. The predicted molar refractivity (Wildman–Crippen MR) is 98.2 cm³/mol. The van der Waals surface area contributed by atoms with Gasteiger partial charge in [0.15, 0.2) is 11.5 Å². The molecule has 0 bridgehead atoms. The molecule has 0 saturated carbocycles. The number of aliphatic hydroxyl groups excluding tert-OH is 1. The lowest BCUT2D eigenvalue weighted by Crippen LogP contribution is -2.46. The number of nitrogens with zero attached hydrogens (tertiary/aromatic N) is 1. The van der Waals surface area contributed by atoms with E-state index in [1.54, 1.807) is 14.2 Å². The molecular weight excluding hydrogens is 318 g/mol. The SMILES string of the molecule is COCC[C@]1(CO)CCCN(CC2=Cc3cccc(OC)c3OC2)C1. The molecule has 2 aliphatic rings. The van der Waals surface area contributed by atoms with Crippen LogP contribution in [0.25, 0.3) is 6.08 Å². The fourth-order valence-electron chi connectivity index (χ4n) is 3.94. The number of para-hydroxylation sites is 1. The molecule has 1 aromatic rings. The van der Waals surface area contributed by atoms with E-state index in [-0.39, 0.29) is 12.0 Å². The summed E-state index contributed by atoms with van der Waals surface area (Å²) in [4.78, 5) is 2.44. The topological polar surface area (TPSA) is 51.2 Å². The van der Waals surface area contributed by atoms with Crippen molar-refractivity contribution < 1.29 is 19.3 Å². The van der Waals surface area contributed by atoms with Crippen molar-refractivity contribution >= 4 is 6.08 Å². The Bertz CT molecular complexity index is 616. The molecule has 2 aliphatic heterocycles. The molecule has 3 rings (SSSR count). The van der Waals surface area contributed by atoms with E-state index in [0.29, 0.717) is 13.2 Å². The van der Waals surface area contributed by atoms with Crippen molar-refractivity contribution in [1.82, 2.24) is 4.90 Å². The van der Waals surface area contributed by atoms with Gasteiger partial charge in [-0.2, -0.15) is 0 Å². The molecule has 0 aromatic heterocycles. The highest BCUT2D eigenvalue weighted by atomic mass is 16.5. The largest absolute Gasteiger partial charge is 0.493 e. The maximum absolute atomic E-state index is 9.94. The first kappa shape index (κ1) is 18.2. The Morgan fingerprint density at radius 2 is 2.20 bits per heavy atom. The lowest BCUT2D eigenvalue weighted by atomic mass is 9.78. The number of fused-ring (bicyclic) bond motifs is 1. The van der Waals surface area contributed by atoms with E-state index in [0.717, 1.165) is 56.0 Å². The van der Waals surface area contributed by atoms with E-state index in [2.05, 4.69) is 17.0 Å². The van der Waals surface area contributed by atoms with E-state index in [4.69, 9.17) is 14.2 Å². The fourth-order valence-corrected chi connectivity index (χ4v) is 3.94. The molecule has 2 heterocycles. The number of hydrogen-bond donors (Lipinski definition) is 1. The smallest absolute Gasteiger partial charge is 0.168 e. The molecule has 1 N–H and O–H groups in total. The molecule has 138 valence electrons. The quantitative estimate of drug-likeness (QED) is 0.822. The van der Waals surface area contributed by atoms with E-state index >= 15 is 0 Å².